The standard InChI is InChI=1S/C16H21NO/c1-2-17-11-9-16(10-12-17)8-7-13-5-3-4-6-14(13)15(16)18/h3-6H,2,7-12H2,1H3. The molecule has 1 saturated heterocycles. The second-order valence-corrected chi connectivity index (χ2v) is 5.70. The van der Waals surface area contributed by atoms with Gasteiger partial charge in [0.1, 0.15) is 0 Å². The number of likely N-dealkylation sites (tertiary alicyclic amines) is 1. The Morgan fingerprint density at radius 1 is 1.17 bits per heavy atom. The molecule has 2 heteroatoms. The van der Waals surface area contributed by atoms with Gasteiger partial charge >= 0.3 is 0 Å². The lowest BCUT2D eigenvalue weighted by Gasteiger charge is -2.43. The lowest BCUT2D eigenvalue weighted by atomic mass is 9.65. The maximum absolute atomic E-state index is 12.8. The quantitative estimate of drug-likeness (QED) is 0.756. The molecule has 0 N–H and O–H groups in total. The van der Waals surface area contributed by atoms with Crippen LogP contribution in [0.25, 0.3) is 0 Å². The van der Waals surface area contributed by atoms with E-state index in [0.29, 0.717) is 5.78 Å². The molecular formula is C16H21NO. The average molecular weight is 243 g/mol. The highest BCUT2D eigenvalue weighted by Crippen LogP contribution is 2.43. The molecule has 1 aliphatic heterocycles. The van der Waals surface area contributed by atoms with E-state index in [1.54, 1.807) is 0 Å². The number of hydrogen-bond acceptors (Lipinski definition) is 2. The number of benzene rings is 1. The Balaban J connectivity index is 1.87. The van der Waals surface area contributed by atoms with E-state index in [1.165, 1.54) is 5.56 Å². The van der Waals surface area contributed by atoms with Gasteiger partial charge in [-0.25, -0.2) is 0 Å². The molecule has 0 saturated carbocycles. The second-order valence-electron chi connectivity index (χ2n) is 5.70. The number of nitrogens with zero attached hydrogens (tertiary/aromatic N) is 1. The Labute approximate surface area is 109 Å². The SMILES string of the molecule is CCN1CCC2(CCc3ccccc3C2=O)CC1. The smallest absolute Gasteiger partial charge is 0.169 e. The molecule has 18 heavy (non-hydrogen) atoms. The third kappa shape index (κ3) is 1.79. The molecule has 1 aromatic rings. The summed E-state index contributed by atoms with van der Waals surface area (Å²) in [7, 11) is 0. The van der Waals surface area contributed by atoms with Crippen molar-refractivity contribution in [1.82, 2.24) is 4.90 Å². The predicted octanol–water partition coefficient (Wildman–Crippen LogP) is 2.92. The number of Topliss-reactive ketones (excluding diaryl/α,β-unsaturated/α-hetero) is 1. The summed E-state index contributed by atoms with van der Waals surface area (Å²) >= 11 is 0. The van der Waals surface area contributed by atoms with Crippen LogP contribution in [-0.4, -0.2) is 30.3 Å². The monoisotopic (exact) mass is 243 g/mol. The lowest BCUT2D eigenvalue weighted by Crippen LogP contribution is -2.46. The first-order valence-corrected chi connectivity index (χ1v) is 7.10. The first-order chi connectivity index (χ1) is 8.75. The van der Waals surface area contributed by atoms with Crippen molar-refractivity contribution in [3.05, 3.63) is 35.4 Å². The van der Waals surface area contributed by atoms with Gasteiger partial charge < -0.3 is 4.90 Å². The van der Waals surface area contributed by atoms with Gasteiger partial charge in [0.2, 0.25) is 0 Å². The van der Waals surface area contributed by atoms with Crippen LogP contribution >= 0.6 is 0 Å². The van der Waals surface area contributed by atoms with Crippen LogP contribution in [0.2, 0.25) is 0 Å². The van der Waals surface area contributed by atoms with Crippen LogP contribution in [0.4, 0.5) is 0 Å². The van der Waals surface area contributed by atoms with Gasteiger partial charge in [0.05, 0.1) is 0 Å². The molecule has 3 rings (SSSR count). The number of carbonyl (C=O) groups is 1. The zero-order chi connectivity index (χ0) is 12.6. The number of rotatable bonds is 1. The molecule has 1 fully saturated rings. The maximum atomic E-state index is 12.8. The number of hydrogen-bond donors (Lipinski definition) is 0. The topological polar surface area (TPSA) is 20.3 Å². The van der Waals surface area contributed by atoms with E-state index in [9.17, 15) is 4.79 Å². The summed E-state index contributed by atoms with van der Waals surface area (Å²) in [5, 5.41) is 0. The average Bonchev–Trinajstić information content (AvgIpc) is 2.44. The van der Waals surface area contributed by atoms with Gasteiger partial charge in [0.25, 0.3) is 0 Å². The van der Waals surface area contributed by atoms with E-state index < -0.39 is 0 Å². The minimum atomic E-state index is -0.0416. The molecule has 1 spiro atoms. The predicted molar refractivity (Wildman–Crippen MR) is 72.9 cm³/mol. The number of fused-ring (bicyclic) bond motifs is 1. The molecule has 1 aliphatic carbocycles. The molecule has 0 amide bonds. The van der Waals surface area contributed by atoms with E-state index in [4.69, 9.17) is 0 Å². The Morgan fingerprint density at radius 2 is 1.89 bits per heavy atom. The van der Waals surface area contributed by atoms with Gasteiger partial charge in [0.15, 0.2) is 5.78 Å². The first kappa shape index (κ1) is 11.9. The van der Waals surface area contributed by atoms with Crippen LogP contribution in [0.5, 0.6) is 0 Å². The van der Waals surface area contributed by atoms with E-state index in [2.05, 4.69) is 17.9 Å². The fourth-order valence-electron chi connectivity index (χ4n) is 3.51. The van der Waals surface area contributed by atoms with Crippen molar-refractivity contribution in [1.29, 1.82) is 0 Å². The number of piperidine rings is 1. The Bertz CT molecular complexity index is 458. The Morgan fingerprint density at radius 3 is 2.61 bits per heavy atom. The van der Waals surface area contributed by atoms with Crippen LogP contribution < -0.4 is 0 Å². The summed E-state index contributed by atoms with van der Waals surface area (Å²) in [4.78, 5) is 15.2. The van der Waals surface area contributed by atoms with Crippen LogP contribution in [0.15, 0.2) is 24.3 Å². The summed E-state index contributed by atoms with van der Waals surface area (Å²) in [5.41, 5.74) is 2.21. The van der Waals surface area contributed by atoms with Gasteiger partial charge in [-0.05, 0) is 50.9 Å². The minimum absolute atomic E-state index is 0.0416. The summed E-state index contributed by atoms with van der Waals surface area (Å²) in [5.74, 6) is 0.417. The molecule has 1 aromatic carbocycles. The Kier molecular flexibility index (Phi) is 2.98. The molecule has 96 valence electrons. The molecule has 0 radical (unpaired) electrons. The molecule has 0 aromatic heterocycles. The maximum Gasteiger partial charge on any atom is 0.169 e. The van der Waals surface area contributed by atoms with Crippen molar-refractivity contribution in [3.8, 4) is 0 Å². The zero-order valence-electron chi connectivity index (χ0n) is 11.1. The van der Waals surface area contributed by atoms with Gasteiger partial charge in [-0.2, -0.15) is 0 Å². The molecule has 2 nitrogen and oxygen atoms in total. The third-order valence-electron chi connectivity index (χ3n) is 4.88. The summed E-state index contributed by atoms with van der Waals surface area (Å²) in [6.07, 6.45) is 4.23. The first-order valence-electron chi connectivity index (χ1n) is 7.10. The van der Waals surface area contributed by atoms with Gasteiger partial charge in [-0.3, -0.25) is 4.79 Å². The van der Waals surface area contributed by atoms with Crippen LogP contribution in [0.3, 0.4) is 0 Å². The van der Waals surface area contributed by atoms with E-state index >= 15 is 0 Å². The van der Waals surface area contributed by atoms with Crippen LogP contribution in [0.1, 0.15) is 42.1 Å². The second kappa shape index (κ2) is 4.51. The van der Waals surface area contributed by atoms with E-state index in [1.807, 2.05) is 18.2 Å². The molecule has 0 bridgehead atoms. The van der Waals surface area contributed by atoms with Crippen LogP contribution in [-0.2, 0) is 6.42 Å². The molecule has 0 atom stereocenters. The van der Waals surface area contributed by atoms with Gasteiger partial charge in [-0.15, -0.1) is 0 Å². The molecule has 0 unspecified atom stereocenters. The van der Waals surface area contributed by atoms with Crippen molar-refractivity contribution in [2.45, 2.75) is 32.6 Å². The van der Waals surface area contributed by atoms with Crippen molar-refractivity contribution in [3.63, 3.8) is 0 Å². The number of aryl methyl sites for hydroxylation is 1. The Hall–Kier alpha value is -1.15. The molecule has 2 aliphatic rings. The lowest BCUT2D eigenvalue weighted by molar-refractivity contribution is 0.0551. The molecule has 1 heterocycles. The fourth-order valence-corrected chi connectivity index (χ4v) is 3.51. The van der Waals surface area contributed by atoms with Crippen LogP contribution in [0, 0.1) is 5.41 Å². The van der Waals surface area contributed by atoms with E-state index in [-0.39, 0.29) is 5.41 Å². The van der Waals surface area contributed by atoms with Crippen molar-refractivity contribution >= 4 is 5.78 Å². The van der Waals surface area contributed by atoms with Crippen molar-refractivity contribution in [2.24, 2.45) is 5.41 Å². The summed E-state index contributed by atoms with van der Waals surface area (Å²) < 4.78 is 0. The van der Waals surface area contributed by atoms with E-state index in [0.717, 1.165) is 50.9 Å². The van der Waals surface area contributed by atoms with Gasteiger partial charge in [-0.1, -0.05) is 31.2 Å². The summed E-state index contributed by atoms with van der Waals surface area (Å²) in [6, 6.07) is 8.17. The normalized spacial score (nSPS) is 23.1. The third-order valence-corrected chi connectivity index (χ3v) is 4.88. The fraction of sp³-hybridized carbons (Fsp3) is 0.562. The molecular weight excluding hydrogens is 222 g/mol. The highest BCUT2D eigenvalue weighted by molar-refractivity contribution is 6.02. The highest BCUT2D eigenvalue weighted by Gasteiger charge is 2.43. The van der Waals surface area contributed by atoms with Crippen molar-refractivity contribution < 1.29 is 4.79 Å². The minimum Gasteiger partial charge on any atom is -0.304 e. The largest absolute Gasteiger partial charge is 0.304 e. The zero-order valence-corrected chi connectivity index (χ0v) is 11.1. The van der Waals surface area contributed by atoms with Crippen molar-refractivity contribution in [2.75, 3.05) is 19.6 Å². The number of ketones is 1. The number of carbonyl (C=O) groups excluding carboxylic acids is 1. The summed E-state index contributed by atoms with van der Waals surface area (Å²) in [6.45, 7) is 5.49. The highest BCUT2D eigenvalue weighted by atomic mass is 16.1. The van der Waals surface area contributed by atoms with Gasteiger partial charge in [0, 0.05) is 11.0 Å².